The minimum Gasteiger partial charge on any atom is -0.444 e. The second-order valence-corrected chi connectivity index (χ2v) is 9.38. The number of aromatic nitrogens is 1. The van der Waals surface area contributed by atoms with Crippen molar-refractivity contribution in [3.8, 4) is 0 Å². The zero-order chi connectivity index (χ0) is 21.2. The van der Waals surface area contributed by atoms with Gasteiger partial charge in [-0.3, -0.25) is 4.99 Å². The SMILES string of the molecule is CN=C(NCc1cc(C(C)C)no1)NC1CC2CCC(C1)N2C(=O)OC(C)(C)C.I. The first kappa shape index (κ1) is 24.7. The van der Waals surface area contributed by atoms with Gasteiger partial charge in [-0.15, -0.1) is 24.0 Å². The lowest BCUT2D eigenvalue weighted by molar-refractivity contribution is 0.00544. The lowest BCUT2D eigenvalue weighted by atomic mass is 9.98. The quantitative estimate of drug-likeness (QED) is 0.345. The molecule has 170 valence electrons. The van der Waals surface area contributed by atoms with Gasteiger partial charge < -0.3 is 24.8 Å². The summed E-state index contributed by atoms with van der Waals surface area (Å²) in [7, 11) is 1.76. The molecule has 0 aromatic carbocycles. The van der Waals surface area contributed by atoms with Crippen molar-refractivity contribution in [2.24, 2.45) is 4.99 Å². The van der Waals surface area contributed by atoms with E-state index >= 15 is 0 Å². The van der Waals surface area contributed by atoms with E-state index in [2.05, 4.69) is 34.6 Å². The maximum absolute atomic E-state index is 12.6. The summed E-state index contributed by atoms with van der Waals surface area (Å²) in [5.41, 5.74) is 0.490. The van der Waals surface area contributed by atoms with Crippen molar-refractivity contribution in [3.63, 3.8) is 0 Å². The molecule has 9 heteroatoms. The highest BCUT2D eigenvalue weighted by Gasteiger charge is 2.45. The topological polar surface area (TPSA) is 92.0 Å². The smallest absolute Gasteiger partial charge is 0.410 e. The monoisotopic (exact) mass is 533 g/mol. The molecule has 2 saturated heterocycles. The molecule has 3 rings (SSSR count). The lowest BCUT2D eigenvalue weighted by Gasteiger charge is -2.40. The number of amides is 1. The van der Waals surface area contributed by atoms with Crippen LogP contribution in [0.15, 0.2) is 15.6 Å². The van der Waals surface area contributed by atoms with E-state index in [0.29, 0.717) is 12.5 Å². The third-order valence-electron chi connectivity index (χ3n) is 5.50. The second-order valence-electron chi connectivity index (χ2n) is 9.38. The van der Waals surface area contributed by atoms with Gasteiger partial charge in [0.1, 0.15) is 5.60 Å². The Kier molecular flexibility index (Phi) is 8.41. The Bertz CT molecular complexity index is 729. The van der Waals surface area contributed by atoms with E-state index in [1.54, 1.807) is 7.05 Å². The van der Waals surface area contributed by atoms with Crippen molar-refractivity contribution in [1.29, 1.82) is 0 Å². The van der Waals surface area contributed by atoms with Crippen molar-refractivity contribution in [2.45, 2.75) is 96.5 Å². The summed E-state index contributed by atoms with van der Waals surface area (Å²) in [5, 5.41) is 10.9. The highest BCUT2D eigenvalue weighted by atomic mass is 127. The summed E-state index contributed by atoms with van der Waals surface area (Å²) in [6, 6.07) is 2.70. The number of carbonyl (C=O) groups is 1. The maximum Gasteiger partial charge on any atom is 0.410 e. The first-order valence-corrected chi connectivity index (χ1v) is 10.6. The molecule has 30 heavy (non-hydrogen) atoms. The molecule has 1 aromatic heterocycles. The Morgan fingerprint density at radius 2 is 1.97 bits per heavy atom. The minimum atomic E-state index is -0.465. The summed E-state index contributed by atoms with van der Waals surface area (Å²) in [6.07, 6.45) is 3.68. The van der Waals surface area contributed by atoms with E-state index in [4.69, 9.17) is 9.26 Å². The standard InChI is InChI=1S/C21H35N5O3.HI/c1-13(2)18-11-17(29-25-18)12-23-19(22-6)24-14-9-15-7-8-16(10-14)26(15)20(27)28-21(3,4)5;/h11,13-16H,7-10,12H2,1-6H3,(H2,22,23,24);1H. The van der Waals surface area contributed by atoms with E-state index in [-0.39, 0.29) is 48.2 Å². The number of ether oxygens (including phenoxy) is 1. The van der Waals surface area contributed by atoms with Gasteiger partial charge in [0.05, 0.1) is 12.2 Å². The van der Waals surface area contributed by atoms with Crippen LogP contribution in [0.2, 0.25) is 0 Å². The fourth-order valence-electron chi connectivity index (χ4n) is 4.15. The molecule has 0 saturated carbocycles. The number of fused-ring (bicyclic) bond motifs is 2. The first-order chi connectivity index (χ1) is 13.7. The number of nitrogens with one attached hydrogen (secondary N) is 2. The molecule has 2 N–H and O–H groups in total. The minimum absolute atomic E-state index is 0. The molecule has 2 aliphatic heterocycles. The van der Waals surface area contributed by atoms with Crippen molar-refractivity contribution in [3.05, 3.63) is 17.5 Å². The number of aliphatic imine (C=N–C) groups is 1. The van der Waals surface area contributed by atoms with Gasteiger partial charge in [0.25, 0.3) is 0 Å². The molecule has 0 radical (unpaired) electrons. The van der Waals surface area contributed by atoms with Crippen LogP contribution < -0.4 is 10.6 Å². The van der Waals surface area contributed by atoms with E-state index in [1.807, 2.05) is 31.7 Å². The second kappa shape index (κ2) is 10.2. The van der Waals surface area contributed by atoms with Crippen LogP contribution in [0, 0.1) is 0 Å². The Hall–Kier alpha value is -1.52. The molecular formula is C21H36IN5O3. The fourth-order valence-corrected chi connectivity index (χ4v) is 4.15. The number of carbonyl (C=O) groups excluding carboxylic acids is 1. The van der Waals surface area contributed by atoms with Gasteiger partial charge in [0.15, 0.2) is 11.7 Å². The van der Waals surface area contributed by atoms with Gasteiger partial charge in [-0.05, 0) is 52.4 Å². The Morgan fingerprint density at radius 3 is 2.47 bits per heavy atom. The molecule has 1 amide bonds. The highest BCUT2D eigenvalue weighted by Crippen LogP contribution is 2.36. The number of nitrogens with zero attached hydrogens (tertiary/aromatic N) is 3. The zero-order valence-electron chi connectivity index (χ0n) is 18.9. The maximum atomic E-state index is 12.6. The molecule has 2 bridgehead atoms. The number of hydrogen-bond acceptors (Lipinski definition) is 5. The molecule has 8 nitrogen and oxygen atoms in total. The number of piperidine rings is 1. The Labute approximate surface area is 196 Å². The number of guanidine groups is 1. The van der Waals surface area contributed by atoms with Crippen LogP contribution >= 0.6 is 24.0 Å². The van der Waals surface area contributed by atoms with Crippen LogP contribution in [0.5, 0.6) is 0 Å². The molecule has 3 heterocycles. The van der Waals surface area contributed by atoms with Crippen LogP contribution in [-0.4, -0.2) is 52.9 Å². The molecular weight excluding hydrogens is 497 g/mol. The van der Waals surface area contributed by atoms with Crippen molar-refractivity contribution in [2.75, 3.05) is 7.05 Å². The van der Waals surface area contributed by atoms with Crippen LogP contribution in [-0.2, 0) is 11.3 Å². The third kappa shape index (κ3) is 6.24. The van der Waals surface area contributed by atoms with Gasteiger partial charge in [-0.25, -0.2) is 4.79 Å². The number of rotatable bonds is 4. The Balaban J connectivity index is 0.00000320. The van der Waals surface area contributed by atoms with Crippen molar-refractivity contribution < 1.29 is 14.1 Å². The van der Waals surface area contributed by atoms with E-state index in [0.717, 1.165) is 43.1 Å². The van der Waals surface area contributed by atoms with Gasteiger partial charge in [0, 0.05) is 31.2 Å². The number of halogens is 1. The molecule has 2 atom stereocenters. The molecule has 1 aromatic rings. The average Bonchev–Trinajstić information content (AvgIpc) is 3.20. The predicted octanol–water partition coefficient (Wildman–Crippen LogP) is 4.01. The fraction of sp³-hybridized carbons (Fsp3) is 0.762. The largest absolute Gasteiger partial charge is 0.444 e. The summed E-state index contributed by atoms with van der Waals surface area (Å²) >= 11 is 0. The molecule has 2 fully saturated rings. The normalized spacial score (nSPS) is 23.9. The molecule has 0 spiro atoms. The molecule has 2 aliphatic rings. The lowest BCUT2D eigenvalue weighted by Crippen LogP contribution is -2.54. The van der Waals surface area contributed by atoms with E-state index in [9.17, 15) is 4.79 Å². The van der Waals surface area contributed by atoms with Crippen molar-refractivity contribution >= 4 is 36.0 Å². The summed E-state index contributed by atoms with van der Waals surface area (Å²) in [4.78, 5) is 18.9. The van der Waals surface area contributed by atoms with Crippen LogP contribution in [0.25, 0.3) is 0 Å². The summed E-state index contributed by atoms with van der Waals surface area (Å²) in [5.74, 6) is 1.87. The van der Waals surface area contributed by atoms with Gasteiger partial charge >= 0.3 is 6.09 Å². The number of hydrogen-bond donors (Lipinski definition) is 2. The molecule has 0 aliphatic carbocycles. The predicted molar refractivity (Wildman–Crippen MR) is 127 cm³/mol. The van der Waals surface area contributed by atoms with Crippen molar-refractivity contribution in [1.82, 2.24) is 20.7 Å². The third-order valence-corrected chi connectivity index (χ3v) is 5.50. The van der Waals surface area contributed by atoms with E-state index in [1.165, 1.54) is 0 Å². The van der Waals surface area contributed by atoms with E-state index < -0.39 is 5.60 Å². The van der Waals surface area contributed by atoms with Crippen LogP contribution in [0.3, 0.4) is 0 Å². The first-order valence-electron chi connectivity index (χ1n) is 10.6. The van der Waals surface area contributed by atoms with Crippen LogP contribution in [0.1, 0.15) is 77.7 Å². The average molecular weight is 533 g/mol. The van der Waals surface area contributed by atoms with Gasteiger partial charge in [-0.1, -0.05) is 19.0 Å². The molecule has 2 unspecified atom stereocenters. The van der Waals surface area contributed by atoms with Gasteiger partial charge in [-0.2, -0.15) is 0 Å². The van der Waals surface area contributed by atoms with Gasteiger partial charge in [0.2, 0.25) is 0 Å². The zero-order valence-corrected chi connectivity index (χ0v) is 21.2. The Morgan fingerprint density at radius 1 is 1.33 bits per heavy atom. The highest BCUT2D eigenvalue weighted by molar-refractivity contribution is 14.0. The summed E-state index contributed by atoms with van der Waals surface area (Å²) < 4.78 is 11.0. The van der Waals surface area contributed by atoms with Crippen LogP contribution in [0.4, 0.5) is 4.79 Å². The summed E-state index contributed by atoms with van der Waals surface area (Å²) in [6.45, 7) is 10.4.